The molecule has 34 heavy (non-hydrogen) atoms. The number of H-pyrrole nitrogens is 1. The number of aromatic amines is 1. The van der Waals surface area contributed by atoms with Gasteiger partial charge in [0, 0.05) is 22.8 Å². The zero-order valence-electron chi connectivity index (χ0n) is 20.4. The van der Waals surface area contributed by atoms with E-state index in [0.29, 0.717) is 23.1 Å². The Hall–Kier alpha value is -3.81. The lowest BCUT2D eigenvalue weighted by Crippen LogP contribution is -2.44. The number of benzene rings is 2. The van der Waals surface area contributed by atoms with Gasteiger partial charge in [-0.15, -0.1) is 0 Å². The van der Waals surface area contributed by atoms with Crippen molar-refractivity contribution in [3.05, 3.63) is 53.2 Å². The molecule has 3 aromatic rings. The van der Waals surface area contributed by atoms with Crippen molar-refractivity contribution in [2.24, 2.45) is 0 Å². The topological polar surface area (TPSA) is 110 Å². The van der Waals surface area contributed by atoms with Gasteiger partial charge in [-0.2, -0.15) is 0 Å². The van der Waals surface area contributed by atoms with Gasteiger partial charge < -0.3 is 25.1 Å². The van der Waals surface area contributed by atoms with Crippen LogP contribution in [0.2, 0.25) is 0 Å². The van der Waals surface area contributed by atoms with Crippen molar-refractivity contribution in [1.82, 2.24) is 10.3 Å². The van der Waals surface area contributed by atoms with E-state index in [1.165, 1.54) is 12.5 Å². The first kappa shape index (κ1) is 24.8. The molecule has 1 aromatic heterocycles. The van der Waals surface area contributed by atoms with E-state index in [9.17, 15) is 14.4 Å². The molecule has 0 spiro atoms. The summed E-state index contributed by atoms with van der Waals surface area (Å²) in [5.41, 5.74) is 4.33. The zero-order valence-corrected chi connectivity index (χ0v) is 20.4. The van der Waals surface area contributed by atoms with Crippen LogP contribution in [0.1, 0.15) is 50.3 Å². The summed E-state index contributed by atoms with van der Waals surface area (Å²) in [5, 5.41) is 6.02. The van der Waals surface area contributed by atoms with Gasteiger partial charge in [-0.05, 0) is 80.6 Å². The van der Waals surface area contributed by atoms with Gasteiger partial charge >= 0.3 is 17.8 Å². The van der Waals surface area contributed by atoms with Crippen molar-refractivity contribution in [2.45, 2.75) is 53.5 Å². The second-order valence-electron chi connectivity index (χ2n) is 8.55. The maximum atomic E-state index is 12.3. The minimum Gasteiger partial charge on any atom is -0.464 e. The molecule has 2 aromatic carbocycles. The Labute approximate surface area is 199 Å². The molecule has 3 rings (SSSR count). The fourth-order valence-corrected chi connectivity index (χ4v) is 3.74. The number of amides is 2. The fraction of sp³-hybridized carbons (Fsp3) is 0.346. The molecule has 0 saturated heterocycles. The maximum Gasteiger partial charge on any atom is 0.328 e. The highest BCUT2D eigenvalue weighted by molar-refractivity contribution is 6.40. The van der Waals surface area contributed by atoms with Gasteiger partial charge in [-0.25, -0.2) is 4.79 Å². The lowest BCUT2D eigenvalue weighted by molar-refractivity contribution is -0.147. The molecule has 3 N–H and O–H groups in total. The van der Waals surface area contributed by atoms with Crippen LogP contribution >= 0.6 is 0 Å². The first-order chi connectivity index (χ1) is 16.1. The van der Waals surface area contributed by atoms with Crippen LogP contribution in [0, 0.1) is 13.8 Å². The van der Waals surface area contributed by atoms with Crippen molar-refractivity contribution in [3.8, 4) is 11.5 Å². The number of esters is 1. The molecule has 0 aliphatic heterocycles. The number of aryl methyl sites for hydroxylation is 2. The molecular weight excluding hydrogens is 434 g/mol. The number of rotatable bonds is 7. The van der Waals surface area contributed by atoms with Crippen LogP contribution in [0.5, 0.6) is 11.5 Å². The van der Waals surface area contributed by atoms with Crippen molar-refractivity contribution in [3.63, 3.8) is 0 Å². The third-order valence-corrected chi connectivity index (χ3v) is 5.44. The van der Waals surface area contributed by atoms with E-state index in [1.807, 2.05) is 38.2 Å². The monoisotopic (exact) mass is 465 g/mol. The average Bonchev–Trinajstić information content (AvgIpc) is 3.20. The largest absolute Gasteiger partial charge is 0.464 e. The number of hydrogen-bond acceptors (Lipinski definition) is 5. The summed E-state index contributed by atoms with van der Waals surface area (Å²) in [4.78, 5) is 39.4. The second kappa shape index (κ2) is 10.4. The Morgan fingerprint density at radius 3 is 2.29 bits per heavy atom. The molecule has 1 atom stereocenters. The first-order valence-electron chi connectivity index (χ1n) is 11.3. The molecule has 2 amide bonds. The Kier molecular flexibility index (Phi) is 7.61. The third-order valence-electron chi connectivity index (χ3n) is 5.44. The fourth-order valence-electron chi connectivity index (χ4n) is 3.74. The van der Waals surface area contributed by atoms with Crippen molar-refractivity contribution in [1.29, 1.82) is 0 Å². The Morgan fingerprint density at radius 1 is 1.00 bits per heavy atom. The molecule has 1 heterocycles. The van der Waals surface area contributed by atoms with Crippen LogP contribution in [0.25, 0.3) is 10.9 Å². The minimum atomic E-state index is -0.925. The summed E-state index contributed by atoms with van der Waals surface area (Å²) >= 11 is 0. The average molecular weight is 466 g/mol. The van der Waals surface area contributed by atoms with Crippen LogP contribution in [0.3, 0.4) is 0 Å². The normalized spacial score (nSPS) is 11.9. The standard InChI is InChI=1S/C26H31N3O5/c1-7-33-26(32)17(6)28-24(30)25(31)29-18-10-15(4)23(16(5)11-18)34-19-8-9-22-20(12-19)21(13-27-22)14(2)3/h8-14,17,27H,7H2,1-6H3,(H,28,30)(H,29,31). The van der Waals surface area contributed by atoms with Gasteiger partial charge in [0.15, 0.2) is 0 Å². The number of carbonyl (C=O) groups is 3. The Balaban J connectivity index is 1.73. The lowest BCUT2D eigenvalue weighted by atomic mass is 10.0. The summed E-state index contributed by atoms with van der Waals surface area (Å²) in [6.07, 6.45) is 2.02. The van der Waals surface area contributed by atoms with E-state index in [1.54, 1.807) is 19.1 Å². The third kappa shape index (κ3) is 5.57. The van der Waals surface area contributed by atoms with Crippen LogP contribution in [0.15, 0.2) is 36.5 Å². The lowest BCUT2D eigenvalue weighted by Gasteiger charge is -2.15. The number of carbonyl (C=O) groups excluding carboxylic acids is 3. The molecule has 180 valence electrons. The number of aromatic nitrogens is 1. The second-order valence-corrected chi connectivity index (χ2v) is 8.55. The van der Waals surface area contributed by atoms with Crippen molar-refractivity contribution < 1.29 is 23.9 Å². The van der Waals surface area contributed by atoms with Crippen LogP contribution < -0.4 is 15.4 Å². The van der Waals surface area contributed by atoms with Gasteiger partial charge in [0.25, 0.3) is 0 Å². The molecule has 8 heteroatoms. The van der Waals surface area contributed by atoms with Gasteiger partial charge in [-0.1, -0.05) is 13.8 Å². The van der Waals surface area contributed by atoms with E-state index in [2.05, 4.69) is 29.5 Å². The summed E-state index contributed by atoms with van der Waals surface area (Å²) in [5.74, 6) is -0.619. The van der Waals surface area contributed by atoms with E-state index in [4.69, 9.17) is 9.47 Å². The number of nitrogens with one attached hydrogen (secondary N) is 3. The Morgan fingerprint density at radius 2 is 1.68 bits per heavy atom. The summed E-state index contributed by atoms with van der Waals surface area (Å²) in [7, 11) is 0. The predicted molar refractivity (Wildman–Crippen MR) is 131 cm³/mol. The summed E-state index contributed by atoms with van der Waals surface area (Å²) in [6, 6.07) is 8.46. The molecule has 0 fully saturated rings. The summed E-state index contributed by atoms with van der Waals surface area (Å²) in [6.45, 7) is 11.3. The van der Waals surface area contributed by atoms with Crippen molar-refractivity contribution in [2.75, 3.05) is 11.9 Å². The molecule has 0 aliphatic carbocycles. The number of hydrogen-bond donors (Lipinski definition) is 3. The maximum absolute atomic E-state index is 12.3. The highest BCUT2D eigenvalue weighted by Crippen LogP contribution is 2.34. The molecule has 0 saturated carbocycles. The predicted octanol–water partition coefficient (Wildman–Crippen LogP) is 4.71. The van der Waals surface area contributed by atoms with E-state index in [-0.39, 0.29) is 6.61 Å². The van der Waals surface area contributed by atoms with Gasteiger partial charge in [0.1, 0.15) is 17.5 Å². The van der Waals surface area contributed by atoms with Crippen molar-refractivity contribution >= 4 is 34.4 Å². The SMILES string of the molecule is CCOC(=O)C(C)NC(=O)C(=O)Nc1cc(C)c(Oc2ccc3[nH]cc(C(C)C)c3c2)c(C)c1. The van der Waals surface area contributed by atoms with E-state index in [0.717, 1.165) is 22.0 Å². The van der Waals surface area contributed by atoms with Crippen LogP contribution in [-0.4, -0.2) is 35.4 Å². The number of anilines is 1. The highest BCUT2D eigenvalue weighted by Gasteiger charge is 2.22. The van der Waals surface area contributed by atoms with E-state index < -0.39 is 23.8 Å². The quantitative estimate of drug-likeness (QED) is 0.346. The molecular formula is C26H31N3O5. The van der Waals surface area contributed by atoms with Gasteiger partial charge in [0.05, 0.1) is 6.61 Å². The molecule has 0 radical (unpaired) electrons. The van der Waals surface area contributed by atoms with Crippen LogP contribution in [-0.2, 0) is 19.1 Å². The number of fused-ring (bicyclic) bond motifs is 1. The summed E-state index contributed by atoms with van der Waals surface area (Å²) < 4.78 is 11.0. The number of ether oxygens (including phenoxy) is 2. The van der Waals surface area contributed by atoms with E-state index >= 15 is 0 Å². The van der Waals surface area contributed by atoms with Crippen LogP contribution in [0.4, 0.5) is 5.69 Å². The first-order valence-corrected chi connectivity index (χ1v) is 11.3. The smallest absolute Gasteiger partial charge is 0.328 e. The Bertz CT molecular complexity index is 1210. The minimum absolute atomic E-state index is 0.191. The van der Waals surface area contributed by atoms with Gasteiger partial charge in [-0.3, -0.25) is 9.59 Å². The molecule has 0 aliphatic rings. The molecule has 0 bridgehead atoms. The zero-order chi connectivity index (χ0) is 25.0. The highest BCUT2D eigenvalue weighted by atomic mass is 16.5. The van der Waals surface area contributed by atoms with Gasteiger partial charge in [0.2, 0.25) is 0 Å². The molecule has 8 nitrogen and oxygen atoms in total. The molecule has 1 unspecified atom stereocenters.